The van der Waals surface area contributed by atoms with Gasteiger partial charge in [0.25, 0.3) is 0 Å². The Morgan fingerprint density at radius 2 is 1.26 bits per heavy atom. The van der Waals surface area contributed by atoms with Gasteiger partial charge in [-0.1, -0.05) is 102 Å². The summed E-state index contributed by atoms with van der Waals surface area (Å²) in [5.41, 5.74) is 2.35. The number of nitrogens with zero attached hydrogens (tertiary/aromatic N) is 2. The first-order chi connectivity index (χ1) is 20.6. The zero-order valence-corrected chi connectivity index (χ0v) is 25.8. The third-order valence-corrected chi connectivity index (χ3v) is 12.8. The smallest absolute Gasteiger partial charge is 0.245 e. The molecule has 0 N–H and O–H groups in total. The van der Waals surface area contributed by atoms with Gasteiger partial charge in [0.15, 0.2) is 0 Å². The van der Waals surface area contributed by atoms with Gasteiger partial charge >= 0.3 is 0 Å². The van der Waals surface area contributed by atoms with E-state index in [4.69, 9.17) is 11.6 Å². The molecule has 2 saturated heterocycles. The number of benzene rings is 4. The van der Waals surface area contributed by atoms with E-state index in [-0.39, 0.29) is 40.0 Å². The van der Waals surface area contributed by atoms with Crippen LogP contribution < -0.4 is 0 Å². The quantitative estimate of drug-likeness (QED) is 0.253. The number of Topliss-reactive ketones (excluding diaryl/α,β-unsaturated/α-hetero) is 1. The molecule has 2 heterocycles. The zero-order valence-electron chi connectivity index (χ0n) is 23.5. The summed E-state index contributed by atoms with van der Waals surface area (Å²) < 4.78 is 60.2. The fourth-order valence-corrected chi connectivity index (χ4v) is 10.3. The van der Waals surface area contributed by atoms with Gasteiger partial charge in [0.05, 0.1) is 22.0 Å². The van der Waals surface area contributed by atoms with Crippen LogP contribution in [0.2, 0.25) is 5.02 Å². The first-order valence-corrected chi connectivity index (χ1v) is 17.3. The summed E-state index contributed by atoms with van der Waals surface area (Å²) in [6.07, 6.45) is 0.0325. The lowest BCUT2D eigenvalue weighted by Crippen LogP contribution is -2.60. The van der Waals surface area contributed by atoms with Gasteiger partial charge in [-0.05, 0) is 48.7 Å². The minimum Gasteiger partial charge on any atom is -0.299 e. The number of ketones is 1. The second-order valence-electron chi connectivity index (χ2n) is 11.1. The van der Waals surface area contributed by atoms with E-state index in [1.807, 2.05) is 67.6 Å². The second-order valence-corrected chi connectivity index (χ2v) is 15.2. The Hall–Kier alpha value is -3.34. The van der Waals surface area contributed by atoms with Crippen LogP contribution in [0, 0.1) is 12.8 Å². The molecule has 0 spiro atoms. The van der Waals surface area contributed by atoms with Crippen molar-refractivity contribution in [2.45, 2.75) is 47.7 Å². The lowest BCUT2D eigenvalue weighted by molar-refractivity contribution is -0.132. The molecule has 10 heteroatoms. The normalized spacial score (nSPS) is 23.5. The van der Waals surface area contributed by atoms with Crippen molar-refractivity contribution < 1.29 is 21.6 Å². The molecule has 0 aromatic heterocycles. The number of carbonyl (C=O) groups is 1. The molecule has 4 atom stereocenters. The van der Waals surface area contributed by atoms with E-state index in [9.17, 15) is 21.6 Å². The number of halogens is 1. The van der Waals surface area contributed by atoms with Gasteiger partial charge < -0.3 is 0 Å². The molecule has 4 aromatic rings. The van der Waals surface area contributed by atoms with Crippen LogP contribution in [0.15, 0.2) is 119 Å². The summed E-state index contributed by atoms with van der Waals surface area (Å²) in [6, 6.07) is 29.0. The van der Waals surface area contributed by atoms with Crippen LogP contribution >= 0.6 is 11.6 Å². The monoisotopic (exact) mass is 634 g/mol. The molecule has 222 valence electrons. The number of sulfonamides is 2. The second kappa shape index (κ2) is 11.6. The predicted octanol–water partition coefficient (Wildman–Crippen LogP) is 6.17. The van der Waals surface area contributed by atoms with Crippen LogP contribution in [0.25, 0.3) is 0 Å². The molecule has 43 heavy (non-hydrogen) atoms. The lowest BCUT2D eigenvalue weighted by Gasteiger charge is -2.51. The van der Waals surface area contributed by atoms with Crippen molar-refractivity contribution in [3.8, 4) is 0 Å². The van der Waals surface area contributed by atoms with Crippen molar-refractivity contribution in [2.75, 3.05) is 6.54 Å². The van der Waals surface area contributed by atoms with E-state index in [2.05, 4.69) is 0 Å². The van der Waals surface area contributed by atoms with Gasteiger partial charge in [-0.2, -0.15) is 8.61 Å². The molecule has 2 aliphatic heterocycles. The highest BCUT2D eigenvalue weighted by Gasteiger charge is 2.54. The molecule has 0 radical (unpaired) electrons. The molecular formula is C33H31ClN2O5S2. The van der Waals surface area contributed by atoms with Gasteiger partial charge in [0, 0.05) is 24.9 Å². The molecular weight excluding hydrogens is 604 g/mol. The SMILES string of the molecule is Cc1ccc(S(=O)(=O)N2C(c3ccccc3)CC(=O)[C@@H]3CN(S(=O)(=O)c4ccccc4Cl)C(c4ccccc4)CC32)cc1. The molecule has 0 aliphatic carbocycles. The van der Waals surface area contributed by atoms with E-state index in [0.717, 1.165) is 5.56 Å². The van der Waals surface area contributed by atoms with E-state index in [1.165, 1.54) is 20.7 Å². The molecule has 2 fully saturated rings. The summed E-state index contributed by atoms with van der Waals surface area (Å²) in [5.74, 6) is -1.03. The van der Waals surface area contributed by atoms with Crippen molar-refractivity contribution in [1.29, 1.82) is 0 Å². The van der Waals surface area contributed by atoms with Crippen LogP contribution in [-0.2, 0) is 24.8 Å². The number of carbonyl (C=O) groups excluding carboxylic acids is 1. The highest BCUT2D eigenvalue weighted by molar-refractivity contribution is 7.89. The molecule has 3 unspecified atom stereocenters. The van der Waals surface area contributed by atoms with Crippen LogP contribution in [0.4, 0.5) is 0 Å². The fraction of sp³-hybridized carbons (Fsp3) is 0.242. The summed E-state index contributed by atoms with van der Waals surface area (Å²) in [4.78, 5) is 14.0. The minimum absolute atomic E-state index is 0.0504. The Morgan fingerprint density at radius 1 is 0.698 bits per heavy atom. The van der Waals surface area contributed by atoms with Gasteiger partial charge in [0.1, 0.15) is 10.7 Å². The van der Waals surface area contributed by atoms with Crippen LogP contribution in [0.1, 0.15) is 41.6 Å². The van der Waals surface area contributed by atoms with Crippen LogP contribution in [0.3, 0.4) is 0 Å². The van der Waals surface area contributed by atoms with Crippen molar-refractivity contribution in [3.05, 3.63) is 131 Å². The molecule has 2 aliphatic rings. The Bertz CT molecular complexity index is 1850. The van der Waals surface area contributed by atoms with Gasteiger partial charge in [-0.15, -0.1) is 0 Å². The van der Waals surface area contributed by atoms with E-state index < -0.39 is 44.1 Å². The van der Waals surface area contributed by atoms with Gasteiger partial charge in [0.2, 0.25) is 20.0 Å². The highest BCUT2D eigenvalue weighted by atomic mass is 35.5. The molecule has 4 aromatic carbocycles. The molecule has 0 amide bonds. The Labute approximate surface area is 257 Å². The number of piperidine rings is 2. The number of fused-ring (bicyclic) bond motifs is 1. The summed E-state index contributed by atoms with van der Waals surface area (Å²) in [7, 11) is -8.25. The largest absolute Gasteiger partial charge is 0.299 e. The molecule has 7 nitrogen and oxygen atoms in total. The van der Waals surface area contributed by atoms with Crippen molar-refractivity contribution in [3.63, 3.8) is 0 Å². The molecule has 0 bridgehead atoms. The highest BCUT2D eigenvalue weighted by Crippen LogP contribution is 2.48. The Balaban J connectivity index is 1.51. The first kappa shape index (κ1) is 29.7. The number of hydrogen-bond acceptors (Lipinski definition) is 5. The van der Waals surface area contributed by atoms with Crippen molar-refractivity contribution in [1.82, 2.24) is 8.61 Å². The first-order valence-electron chi connectivity index (χ1n) is 14.1. The number of aryl methyl sites for hydroxylation is 1. The topological polar surface area (TPSA) is 91.8 Å². The van der Waals surface area contributed by atoms with Gasteiger partial charge in [-0.3, -0.25) is 4.79 Å². The van der Waals surface area contributed by atoms with Crippen LogP contribution in [0.5, 0.6) is 0 Å². The Morgan fingerprint density at radius 3 is 1.86 bits per heavy atom. The maximum atomic E-state index is 14.5. The fourth-order valence-electron chi connectivity index (χ4n) is 6.36. The minimum atomic E-state index is -4.16. The maximum Gasteiger partial charge on any atom is 0.245 e. The molecule has 6 rings (SSSR count). The summed E-state index contributed by atoms with van der Waals surface area (Å²) >= 11 is 6.38. The maximum absolute atomic E-state index is 14.5. The third-order valence-electron chi connectivity index (χ3n) is 8.48. The van der Waals surface area contributed by atoms with Crippen molar-refractivity contribution in [2.24, 2.45) is 5.92 Å². The Kier molecular flexibility index (Phi) is 8.04. The summed E-state index contributed by atoms with van der Waals surface area (Å²) in [5, 5.41) is 0.0825. The lowest BCUT2D eigenvalue weighted by atomic mass is 9.77. The number of rotatable bonds is 6. The summed E-state index contributed by atoms with van der Waals surface area (Å²) in [6.45, 7) is 1.72. The standard InChI is InChI=1S/C33H31ClN2O5S2/c1-23-16-18-26(19-17-23)42(38,39)36-30(25-12-6-3-7-13-25)21-32(37)27-22-35(43(40,41)33-15-9-8-14-28(33)34)29(20-31(27)36)24-10-4-2-5-11-24/h2-19,27,29-31H,20-22H2,1H3/t27-,29?,30?,31?/m1/s1. The van der Waals surface area contributed by atoms with Crippen molar-refractivity contribution >= 4 is 37.4 Å². The van der Waals surface area contributed by atoms with E-state index in [0.29, 0.717) is 11.1 Å². The van der Waals surface area contributed by atoms with E-state index >= 15 is 0 Å². The predicted molar refractivity (Wildman–Crippen MR) is 165 cm³/mol. The zero-order chi connectivity index (χ0) is 30.4. The molecule has 0 saturated carbocycles. The van der Waals surface area contributed by atoms with Crippen LogP contribution in [-0.4, -0.2) is 43.8 Å². The number of hydrogen-bond donors (Lipinski definition) is 0. The van der Waals surface area contributed by atoms with Gasteiger partial charge in [-0.25, -0.2) is 16.8 Å². The average molecular weight is 635 g/mol. The third kappa shape index (κ3) is 5.45. The average Bonchev–Trinajstić information content (AvgIpc) is 3.01. The van der Waals surface area contributed by atoms with E-state index in [1.54, 1.807) is 36.4 Å².